The van der Waals surface area contributed by atoms with Gasteiger partial charge in [-0.05, 0) is 44.8 Å². The fourth-order valence-electron chi connectivity index (χ4n) is 2.42. The summed E-state index contributed by atoms with van der Waals surface area (Å²) in [5.74, 6) is 0.713. The van der Waals surface area contributed by atoms with Crippen LogP contribution in [0.3, 0.4) is 0 Å². The predicted molar refractivity (Wildman–Crippen MR) is 70.0 cm³/mol. The van der Waals surface area contributed by atoms with Gasteiger partial charge in [0.05, 0.1) is 6.54 Å². The van der Waals surface area contributed by atoms with Crippen LogP contribution in [0.15, 0.2) is 18.5 Å². The van der Waals surface area contributed by atoms with Crippen LogP contribution < -0.4 is 10.6 Å². The molecule has 1 saturated heterocycles. The lowest BCUT2D eigenvalue weighted by Crippen LogP contribution is -2.38. The number of carbonyl (C=O) groups is 1. The van der Waals surface area contributed by atoms with E-state index in [1.54, 1.807) is 6.20 Å². The maximum Gasteiger partial charge on any atom is 0.220 e. The number of amides is 1. The first-order valence-electron chi connectivity index (χ1n) is 6.71. The number of aromatic nitrogens is 2. The standard InChI is InChI=1S/C13H22N4O/c1-11(10-17-8-2-5-15-17)16-13(18)9-12-3-6-14-7-4-12/h2,5,8,11-12,14H,3-4,6-7,9-10H2,1H3,(H,16,18). The van der Waals surface area contributed by atoms with Gasteiger partial charge in [0.2, 0.25) is 5.91 Å². The van der Waals surface area contributed by atoms with Gasteiger partial charge in [0.25, 0.3) is 0 Å². The number of hydrogen-bond acceptors (Lipinski definition) is 3. The molecule has 1 aromatic heterocycles. The van der Waals surface area contributed by atoms with Gasteiger partial charge in [-0.1, -0.05) is 0 Å². The Kier molecular flexibility index (Phi) is 4.75. The fourth-order valence-corrected chi connectivity index (χ4v) is 2.42. The zero-order chi connectivity index (χ0) is 12.8. The number of carbonyl (C=O) groups excluding carboxylic acids is 1. The number of nitrogens with one attached hydrogen (secondary N) is 2. The van der Waals surface area contributed by atoms with Crippen molar-refractivity contribution in [2.45, 2.75) is 38.8 Å². The number of rotatable bonds is 5. The minimum absolute atomic E-state index is 0.124. The van der Waals surface area contributed by atoms with E-state index in [-0.39, 0.29) is 11.9 Å². The summed E-state index contributed by atoms with van der Waals surface area (Å²) in [6.07, 6.45) is 6.55. The summed E-state index contributed by atoms with van der Waals surface area (Å²) in [7, 11) is 0. The summed E-state index contributed by atoms with van der Waals surface area (Å²) in [6, 6.07) is 2.02. The molecule has 5 heteroatoms. The van der Waals surface area contributed by atoms with Gasteiger partial charge in [0, 0.05) is 24.9 Å². The van der Waals surface area contributed by atoms with Gasteiger partial charge in [0.1, 0.15) is 0 Å². The van der Waals surface area contributed by atoms with Crippen LogP contribution in [0.2, 0.25) is 0 Å². The molecule has 0 aliphatic carbocycles. The van der Waals surface area contributed by atoms with Gasteiger partial charge >= 0.3 is 0 Å². The predicted octanol–water partition coefficient (Wildman–Crippen LogP) is 0.777. The molecule has 0 radical (unpaired) electrons. The van der Waals surface area contributed by atoms with Crippen LogP contribution in [-0.2, 0) is 11.3 Å². The highest BCUT2D eigenvalue weighted by molar-refractivity contribution is 5.76. The van der Waals surface area contributed by atoms with Crippen LogP contribution >= 0.6 is 0 Å². The summed E-state index contributed by atoms with van der Waals surface area (Å²) in [5.41, 5.74) is 0. The molecule has 18 heavy (non-hydrogen) atoms. The van der Waals surface area contributed by atoms with E-state index >= 15 is 0 Å². The van der Waals surface area contributed by atoms with Gasteiger partial charge in [0.15, 0.2) is 0 Å². The van der Waals surface area contributed by atoms with Crippen molar-refractivity contribution in [3.63, 3.8) is 0 Å². The second kappa shape index (κ2) is 6.54. The Bertz CT molecular complexity index is 357. The summed E-state index contributed by atoms with van der Waals surface area (Å²) >= 11 is 0. The molecule has 1 fully saturated rings. The summed E-state index contributed by atoms with van der Waals surface area (Å²) in [6.45, 7) is 4.83. The third kappa shape index (κ3) is 4.14. The SMILES string of the molecule is CC(Cn1cccn1)NC(=O)CC1CCNCC1. The van der Waals surface area contributed by atoms with Gasteiger partial charge in [-0.3, -0.25) is 9.48 Å². The van der Waals surface area contributed by atoms with E-state index < -0.39 is 0 Å². The number of hydrogen-bond donors (Lipinski definition) is 2. The largest absolute Gasteiger partial charge is 0.352 e. The molecule has 2 rings (SSSR count). The summed E-state index contributed by atoms with van der Waals surface area (Å²) in [5, 5.41) is 10.5. The molecule has 2 N–H and O–H groups in total. The maximum absolute atomic E-state index is 11.9. The molecular weight excluding hydrogens is 228 g/mol. The van der Waals surface area contributed by atoms with E-state index in [0.717, 1.165) is 32.5 Å². The minimum Gasteiger partial charge on any atom is -0.352 e. The molecule has 2 heterocycles. The zero-order valence-corrected chi connectivity index (χ0v) is 10.9. The van der Waals surface area contributed by atoms with Crippen molar-refractivity contribution in [2.75, 3.05) is 13.1 Å². The highest BCUT2D eigenvalue weighted by Crippen LogP contribution is 2.15. The molecular formula is C13H22N4O. The van der Waals surface area contributed by atoms with Crippen LogP contribution in [-0.4, -0.2) is 34.8 Å². The Morgan fingerprint density at radius 3 is 3.00 bits per heavy atom. The van der Waals surface area contributed by atoms with Crippen LogP contribution in [0.5, 0.6) is 0 Å². The van der Waals surface area contributed by atoms with Crippen molar-refractivity contribution in [3.05, 3.63) is 18.5 Å². The van der Waals surface area contributed by atoms with E-state index in [2.05, 4.69) is 15.7 Å². The fraction of sp³-hybridized carbons (Fsp3) is 0.692. The van der Waals surface area contributed by atoms with Gasteiger partial charge < -0.3 is 10.6 Å². The van der Waals surface area contributed by atoms with Crippen molar-refractivity contribution in [1.82, 2.24) is 20.4 Å². The monoisotopic (exact) mass is 250 g/mol. The van der Waals surface area contributed by atoms with Crippen molar-refractivity contribution < 1.29 is 4.79 Å². The zero-order valence-electron chi connectivity index (χ0n) is 10.9. The summed E-state index contributed by atoms with van der Waals surface area (Å²) < 4.78 is 1.84. The Hall–Kier alpha value is -1.36. The van der Waals surface area contributed by atoms with E-state index in [1.165, 1.54) is 0 Å². The molecule has 0 spiro atoms. The van der Waals surface area contributed by atoms with E-state index in [9.17, 15) is 4.79 Å². The maximum atomic E-state index is 11.9. The van der Waals surface area contributed by atoms with Crippen LogP contribution in [0.1, 0.15) is 26.2 Å². The molecule has 100 valence electrons. The molecule has 1 aromatic rings. The summed E-state index contributed by atoms with van der Waals surface area (Å²) in [4.78, 5) is 11.9. The molecule has 5 nitrogen and oxygen atoms in total. The topological polar surface area (TPSA) is 59.0 Å². The van der Waals surface area contributed by atoms with E-state index in [4.69, 9.17) is 0 Å². The second-order valence-electron chi connectivity index (χ2n) is 5.09. The van der Waals surface area contributed by atoms with Gasteiger partial charge in [-0.15, -0.1) is 0 Å². The average molecular weight is 250 g/mol. The first kappa shape index (κ1) is 13.1. The molecule has 1 aliphatic rings. The minimum atomic E-state index is 0.124. The van der Waals surface area contributed by atoms with Crippen molar-refractivity contribution in [3.8, 4) is 0 Å². The number of nitrogens with zero attached hydrogens (tertiary/aromatic N) is 2. The lowest BCUT2D eigenvalue weighted by Gasteiger charge is -2.23. The van der Waals surface area contributed by atoms with Crippen molar-refractivity contribution >= 4 is 5.91 Å². The molecule has 1 unspecified atom stereocenters. The van der Waals surface area contributed by atoms with Crippen LogP contribution in [0.25, 0.3) is 0 Å². The molecule has 1 aliphatic heterocycles. The quantitative estimate of drug-likeness (QED) is 0.812. The van der Waals surface area contributed by atoms with E-state index in [1.807, 2.05) is 23.9 Å². The molecule has 0 saturated carbocycles. The Morgan fingerprint density at radius 2 is 2.33 bits per heavy atom. The second-order valence-corrected chi connectivity index (χ2v) is 5.09. The van der Waals surface area contributed by atoms with Gasteiger partial charge in [-0.2, -0.15) is 5.10 Å². The van der Waals surface area contributed by atoms with Gasteiger partial charge in [-0.25, -0.2) is 0 Å². The van der Waals surface area contributed by atoms with Crippen molar-refractivity contribution in [2.24, 2.45) is 5.92 Å². The third-order valence-electron chi connectivity index (χ3n) is 3.36. The first-order chi connectivity index (χ1) is 8.74. The molecule has 0 bridgehead atoms. The average Bonchev–Trinajstić information content (AvgIpc) is 2.82. The Balaban J connectivity index is 1.69. The molecule has 0 aromatic carbocycles. The smallest absolute Gasteiger partial charge is 0.220 e. The Morgan fingerprint density at radius 1 is 1.56 bits per heavy atom. The lowest BCUT2D eigenvalue weighted by molar-refractivity contribution is -0.122. The third-order valence-corrected chi connectivity index (χ3v) is 3.36. The Labute approximate surface area is 108 Å². The van der Waals surface area contributed by atoms with Crippen LogP contribution in [0, 0.1) is 5.92 Å². The molecule has 1 amide bonds. The normalized spacial score (nSPS) is 18.5. The lowest BCUT2D eigenvalue weighted by atomic mass is 9.94. The number of piperidine rings is 1. The highest BCUT2D eigenvalue weighted by atomic mass is 16.1. The van der Waals surface area contributed by atoms with Crippen molar-refractivity contribution in [1.29, 1.82) is 0 Å². The first-order valence-corrected chi connectivity index (χ1v) is 6.71. The highest BCUT2D eigenvalue weighted by Gasteiger charge is 2.17. The van der Waals surface area contributed by atoms with Crippen LogP contribution in [0.4, 0.5) is 0 Å². The van der Waals surface area contributed by atoms with E-state index in [0.29, 0.717) is 12.3 Å². The molecule has 1 atom stereocenters.